The van der Waals surface area contributed by atoms with Crippen LogP contribution in [-0.4, -0.2) is 17.9 Å². The largest absolute Gasteiger partial charge is 0.340 e. The number of carbonyl (C=O) groups excluding carboxylic acids is 1. The van der Waals surface area contributed by atoms with E-state index in [1.807, 2.05) is 47.2 Å². The Hall–Kier alpha value is -1.65. The molecule has 1 aromatic heterocycles. The van der Waals surface area contributed by atoms with Crippen molar-refractivity contribution >= 4 is 17.2 Å². The molecule has 4 heteroatoms. The quantitative estimate of drug-likeness (QED) is 0.917. The lowest BCUT2D eigenvalue weighted by molar-refractivity contribution is -0.131. The van der Waals surface area contributed by atoms with Crippen molar-refractivity contribution in [2.75, 3.05) is 7.05 Å². The smallest absolute Gasteiger partial charge is 0.244 e. The van der Waals surface area contributed by atoms with Gasteiger partial charge in [-0.3, -0.25) is 4.79 Å². The Kier molecular flexibility index (Phi) is 4.12. The number of rotatable bonds is 4. The van der Waals surface area contributed by atoms with Crippen LogP contribution in [0.15, 0.2) is 47.2 Å². The molecule has 0 saturated carbocycles. The first-order valence-electron chi connectivity index (χ1n) is 5.75. The minimum atomic E-state index is -0.588. The number of amides is 1. The third-order valence-corrected chi connectivity index (χ3v) is 3.53. The minimum Gasteiger partial charge on any atom is -0.340 e. The van der Waals surface area contributed by atoms with Crippen LogP contribution in [0.25, 0.3) is 0 Å². The van der Waals surface area contributed by atoms with E-state index in [0.717, 1.165) is 11.1 Å². The van der Waals surface area contributed by atoms with E-state index in [4.69, 9.17) is 5.73 Å². The van der Waals surface area contributed by atoms with Gasteiger partial charge in [0.1, 0.15) is 6.04 Å². The average Bonchev–Trinajstić information content (AvgIpc) is 2.91. The SMILES string of the molecule is CN(Cc1ccsc1)C(=O)C(N)c1ccccc1. The summed E-state index contributed by atoms with van der Waals surface area (Å²) in [4.78, 5) is 13.8. The second-order valence-corrected chi connectivity index (χ2v) is 4.99. The first kappa shape index (κ1) is 12.8. The van der Waals surface area contributed by atoms with Gasteiger partial charge >= 0.3 is 0 Å². The summed E-state index contributed by atoms with van der Waals surface area (Å²) in [6.45, 7) is 0.600. The zero-order valence-electron chi connectivity index (χ0n) is 10.2. The average molecular weight is 260 g/mol. The number of benzene rings is 1. The molecule has 0 aliphatic carbocycles. The molecule has 3 nitrogen and oxygen atoms in total. The van der Waals surface area contributed by atoms with Crippen LogP contribution in [0.3, 0.4) is 0 Å². The molecule has 94 valence electrons. The second kappa shape index (κ2) is 5.80. The number of thiophene rings is 1. The maximum Gasteiger partial charge on any atom is 0.244 e. The van der Waals surface area contributed by atoms with Gasteiger partial charge in [0.15, 0.2) is 0 Å². The van der Waals surface area contributed by atoms with Crippen molar-refractivity contribution in [2.45, 2.75) is 12.6 Å². The van der Waals surface area contributed by atoms with E-state index in [1.54, 1.807) is 23.3 Å². The van der Waals surface area contributed by atoms with Crippen molar-refractivity contribution in [3.8, 4) is 0 Å². The van der Waals surface area contributed by atoms with Gasteiger partial charge in [-0.25, -0.2) is 0 Å². The fraction of sp³-hybridized carbons (Fsp3) is 0.214. The molecule has 0 aliphatic rings. The van der Waals surface area contributed by atoms with Gasteiger partial charge in [-0.15, -0.1) is 0 Å². The molecule has 2 rings (SSSR count). The number of nitrogens with zero attached hydrogens (tertiary/aromatic N) is 1. The van der Waals surface area contributed by atoms with E-state index in [9.17, 15) is 4.79 Å². The van der Waals surface area contributed by atoms with Gasteiger partial charge in [0, 0.05) is 13.6 Å². The van der Waals surface area contributed by atoms with Crippen molar-refractivity contribution in [3.63, 3.8) is 0 Å². The highest BCUT2D eigenvalue weighted by atomic mass is 32.1. The molecule has 0 aliphatic heterocycles. The van der Waals surface area contributed by atoms with E-state index in [0.29, 0.717) is 6.54 Å². The molecule has 18 heavy (non-hydrogen) atoms. The van der Waals surface area contributed by atoms with E-state index in [-0.39, 0.29) is 5.91 Å². The molecule has 0 radical (unpaired) electrons. The molecule has 1 heterocycles. The Balaban J connectivity index is 2.02. The molecule has 1 unspecified atom stereocenters. The van der Waals surface area contributed by atoms with Crippen molar-refractivity contribution < 1.29 is 4.79 Å². The Labute approximate surface area is 111 Å². The summed E-state index contributed by atoms with van der Waals surface area (Å²) in [6, 6.07) is 10.9. The van der Waals surface area contributed by atoms with Crippen LogP contribution < -0.4 is 5.73 Å². The molecule has 2 N–H and O–H groups in total. The molecule has 2 aromatic rings. The molecule has 0 bridgehead atoms. The number of carbonyl (C=O) groups is 1. The third-order valence-electron chi connectivity index (χ3n) is 2.80. The number of likely N-dealkylation sites (N-methyl/N-ethyl adjacent to an activating group) is 1. The van der Waals surface area contributed by atoms with Crippen LogP contribution in [0.4, 0.5) is 0 Å². The van der Waals surface area contributed by atoms with Gasteiger partial charge < -0.3 is 10.6 Å². The number of hydrogen-bond donors (Lipinski definition) is 1. The first-order valence-corrected chi connectivity index (χ1v) is 6.69. The van der Waals surface area contributed by atoms with Crippen LogP contribution >= 0.6 is 11.3 Å². The van der Waals surface area contributed by atoms with Crippen molar-refractivity contribution in [1.29, 1.82) is 0 Å². The molecule has 0 spiro atoms. The Morgan fingerprint density at radius 2 is 2.06 bits per heavy atom. The van der Waals surface area contributed by atoms with Gasteiger partial charge in [-0.2, -0.15) is 11.3 Å². The standard InChI is InChI=1S/C14H16N2OS/c1-16(9-11-7-8-18-10-11)14(17)13(15)12-5-3-2-4-6-12/h2-8,10,13H,9,15H2,1H3. The van der Waals surface area contributed by atoms with E-state index >= 15 is 0 Å². The summed E-state index contributed by atoms with van der Waals surface area (Å²) in [5, 5.41) is 4.04. The zero-order valence-corrected chi connectivity index (χ0v) is 11.1. The fourth-order valence-electron chi connectivity index (χ4n) is 1.77. The molecular weight excluding hydrogens is 244 g/mol. The lowest BCUT2D eigenvalue weighted by atomic mass is 10.1. The molecule has 0 saturated heterocycles. The monoisotopic (exact) mass is 260 g/mol. The normalized spacial score (nSPS) is 12.1. The Morgan fingerprint density at radius 3 is 2.67 bits per heavy atom. The van der Waals surface area contributed by atoms with Gasteiger partial charge in [0.2, 0.25) is 5.91 Å². The highest BCUT2D eigenvalue weighted by Gasteiger charge is 2.19. The number of hydrogen-bond acceptors (Lipinski definition) is 3. The molecular formula is C14H16N2OS. The maximum absolute atomic E-state index is 12.2. The summed E-state index contributed by atoms with van der Waals surface area (Å²) < 4.78 is 0. The van der Waals surface area contributed by atoms with Crippen molar-refractivity contribution in [1.82, 2.24) is 4.90 Å². The van der Waals surface area contributed by atoms with E-state index < -0.39 is 6.04 Å². The van der Waals surface area contributed by atoms with Crippen LogP contribution in [0.2, 0.25) is 0 Å². The zero-order chi connectivity index (χ0) is 13.0. The van der Waals surface area contributed by atoms with Gasteiger partial charge in [-0.05, 0) is 28.0 Å². The molecule has 1 amide bonds. The summed E-state index contributed by atoms with van der Waals surface area (Å²) in [5.41, 5.74) is 7.96. The van der Waals surface area contributed by atoms with E-state index in [1.165, 1.54) is 0 Å². The van der Waals surface area contributed by atoms with Gasteiger partial charge in [0.05, 0.1) is 0 Å². The Morgan fingerprint density at radius 1 is 1.33 bits per heavy atom. The Bertz CT molecular complexity index is 496. The van der Waals surface area contributed by atoms with Crippen molar-refractivity contribution in [3.05, 3.63) is 58.3 Å². The predicted molar refractivity (Wildman–Crippen MR) is 74.2 cm³/mol. The van der Waals surface area contributed by atoms with Crippen LogP contribution in [-0.2, 0) is 11.3 Å². The topological polar surface area (TPSA) is 46.3 Å². The second-order valence-electron chi connectivity index (χ2n) is 4.21. The summed E-state index contributed by atoms with van der Waals surface area (Å²) in [7, 11) is 1.78. The highest BCUT2D eigenvalue weighted by molar-refractivity contribution is 7.07. The summed E-state index contributed by atoms with van der Waals surface area (Å²) in [5.74, 6) is -0.0626. The minimum absolute atomic E-state index is 0.0626. The van der Waals surface area contributed by atoms with Crippen LogP contribution in [0, 0.1) is 0 Å². The van der Waals surface area contributed by atoms with Crippen LogP contribution in [0.5, 0.6) is 0 Å². The predicted octanol–water partition coefficient (Wildman–Crippen LogP) is 2.41. The lowest BCUT2D eigenvalue weighted by Gasteiger charge is -2.21. The maximum atomic E-state index is 12.2. The first-order chi connectivity index (χ1) is 8.68. The van der Waals surface area contributed by atoms with Gasteiger partial charge in [-0.1, -0.05) is 30.3 Å². The lowest BCUT2D eigenvalue weighted by Crippen LogP contribution is -2.35. The summed E-state index contributed by atoms with van der Waals surface area (Å²) in [6.07, 6.45) is 0. The summed E-state index contributed by atoms with van der Waals surface area (Å²) >= 11 is 1.63. The molecule has 1 aromatic carbocycles. The highest BCUT2D eigenvalue weighted by Crippen LogP contribution is 2.14. The van der Waals surface area contributed by atoms with Crippen molar-refractivity contribution in [2.24, 2.45) is 5.73 Å². The number of nitrogens with two attached hydrogens (primary N) is 1. The molecule has 0 fully saturated rings. The van der Waals surface area contributed by atoms with E-state index in [2.05, 4.69) is 0 Å². The molecule has 1 atom stereocenters. The van der Waals surface area contributed by atoms with Gasteiger partial charge in [0.25, 0.3) is 0 Å². The third kappa shape index (κ3) is 2.97. The fourth-order valence-corrected chi connectivity index (χ4v) is 2.43. The van der Waals surface area contributed by atoms with Crippen LogP contribution in [0.1, 0.15) is 17.2 Å².